The van der Waals surface area contributed by atoms with Gasteiger partial charge in [-0.05, 0) is 29.7 Å². The Morgan fingerprint density at radius 3 is 2.17 bits per heavy atom. The third-order valence-electron chi connectivity index (χ3n) is 2.99. The molecule has 1 aliphatic rings. The number of anilines is 1. The van der Waals surface area contributed by atoms with Crippen molar-refractivity contribution in [3.63, 3.8) is 0 Å². The lowest BCUT2D eigenvalue weighted by Crippen LogP contribution is -2.52. The van der Waals surface area contributed by atoms with Crippen LogP contribution in [0.5, 0.6) is 0 Å². The van der Waals surface area contributed by atoms with Crippen molar-refractivity contribution in [1.29, 1.82) is 0 Å². The Balaban J connectivity index is 2.23. The highest BCUT2D eigenvalue weighted by Gasteiger charge is 2.50. The molecule has 0 spiro atoms. The minimum Gasteiger partial charge on any atom is -0.399 e. The van der Waals surface area contributed by atoms with Crippen molar-refractivity contribution in [3.05, 3.63) is 48.1 Å². The van der Waals surface area contributed by atoms with Crippen LogP contribution in [0.1, 0.15) is 12.0 Å². The normalized spacial score (nSPS) is 23.9. The van der Waals surface area contributed by atoms with E-state index in [1.165, 1.54) is 12.2 Å². The highest BCUT2D eigenvalue weighted by Crippen LogP contribution is 2.36. The zero-order chi connectivity index (χ0) is 13.4. The van der Waals surface area contributed by atoms with E-state index in [0.717, 1.165) is 17.2 Å². The maximum absolute atomic E-state index is 12.7. The monoisotopic (exact) mass is 254 g/mol. The van der Waals surface area contributed by atoms with Crippen molar-refractivity contribution in [2.75, 3.05) is 5.73 Å². The largest absolute Gasteiger partial charge is 0.410 e. The van der Waals surface area contributed by atoms with Crippen LogP contribution >= 0.6 is 0 Å². The van der Waals surface area contributed by atoms with Gasteiger partial charge in [-0.3, -0.25) is 0 Å². The Kier molecular flexibility index (Phi) is 2.94. The highest BCUT2D eigenvalue weighted by atomic mass is 19.4. The van der Waals surface area contributed by atoms with Crippen molar-refractivity contribution in [3.8, 4) is 0 Å². The second kappa shape index (κ2) is 4.17. The van der Waals surface area contributed by atoms with Crippen molar-refractivity contribution in [2.24, 2.45) is 5.73 Å². The molecule has 0 bridgehead atoms. The van der Waals surface area contributed by atoms with E-state index >= 15 is 0 Å². The molecule has 1 atom stereocenters. The Morgan fingerprint density at radius 1 is 1.11 bits per heavy atom. The fourth-order valence-corrected chi connectivity index (χ4v) is 1.75. The molecule has 0 aliphatic heterocycles. The van der Waals surface area contributed by atoms with Gasteiger partial charge in [-0.2, -0.15) is 13.2 Å². The minimum absolute atomic E-state index is 0.257. The maximum Gasteiger partial charge on any atom is 0.410 e. The molecule has 2 rings (SSSR count). The lowest BCUT2D eigenvalue weighted by atomic mass is 9.87. The van der Waals surface area contributed by atoms with Crippen molar-refractivity contribution >= 4 is 11.3 Å². The first-order chi connectivity index (χ1) is 8.32. The predicted octanol–water partition coefficient (Wildman–Crippen LogP) is 2.87. The van der Waals surface area contributed by atoms with Gasteiger partial charge in [0.05, 0.1) is 0 Å². The third kappa shape index (κ3) is 2.26. The van der Waals surface area contributed by atoms with E-state index in [1.807, 2.05) is 0 Å². The molecule has 1 unspecified atom stereocenters. The SMILES string of the molecule is Nc1ccc(C2=CCC(N)(C(F)(F)F)C=C2)cc1. The lowest BCUT2D eigenvalue weighted by Gasteiger charge is -2.30. The molecule has 1 aromatic carbocycles. The zero-order valence-electron chi connectivity index (χ0n) is 9.54. The molecule has 5 heteroatoms. The van der Waals surface area contributed by atoms with Gasteiger partial charge >= 0.3 is 6.18 Å². The number of rotatable bonds is 1. The molecule has 0 fully saturated rings. The lowest BCUT2D eigenvalue weighted by molar-refractivity contribution is -0.170. The molecule has 96 valence electrons. The second-order valence-electron chi connectivity index (χ2n) is 4.36. The fourth-order valence-electron chi connectivity index (χ4n) is 1.75. The van der Waals surface area contributed by atoms with Gasteiger partial charge in [-0.25, -0.2) is 0 Å². The van der Waals surface area contributed by atoms with E-state index in [-0.39, 0.29) is 6.42 Å². The number of allylic oxidation sites excluding steroid dienone is 2. The van der Waals surface area contributed by atoms with Crippen LogP contribution < -0.4 is 11.5 Å². The van der Waals surface area contributed by atoms with Crippen molar-refractivity contribution < 1.29 is 13.2 Å². The van der Waals surface area contributed by atoms with Gasteiger partial charge in [-0.1, -0.05) is 30.4 Å². The smallest absolute Gasteiger partial charge is 0.399 e. The van der Waals surface area contributed by atoms with Gasteiger partial charge in [0.15, 0.2) is 0 Å². The van der Waals surface area contributed by atoms with Crippen LogP contribution in [0.2, 0.25) is 0 Å². The topological polar surface area (TPSA) is 52.0 Å². The van der Waals surface area contributed by atoms with E-state index < -0.39 is 11.7 Å². The number of nitrogen functional groups attached to an aromatic ring is 1. The fraction of sp³-hybridized carbons (Fsp3) is 0.231. The summed E-state index contributed by atoms with van der Waals surface area (Å²) in [6.07, 6.45) is -0.778. The van der Waals surface area contributed by atoms with Gasteiger partial charge in [-0.15, -0.1) is 0 Å². The molecule has 18 heavy (non-hydrogen) atoms. The molecule has 0 saturated heterocycles. The Bertz CT molecular complexity index is 500. The first kappa shape index (κ1) is 12.7. The molecule has 0 saturated carbocycles. The Hall–Kier alpha value is -1.75. The van der Waals surface area contributed by atoms with E-state index in [4.69, 9.17) is 11.5 Å². The first-order valence-electron chi connectivity index (χ1n) is 5.43. The van der Waals surface area contributed by atoms with Gasteiger partial charge in [0.25, 0.3) is 0 Å². The molecule has 1 aliphatic carbocycles. The summed E-state index contributed by atoms with van der Waals surface area (Å²) in [4.78, 5) is 0. The summed E-state index contributed by atoms with van der Waals surface area (Å²) >= 11 is 0. The predicted molar refractivity (Wildman–Crippen MR) is 65.6 cm³/mol. The molecular formula is C13H13F3N2. The number of benzene rings is 1. The van der Waals surface area contributed by atoms with Gasteiger partial charge in [0, 0.05) is 5.69 Å². The summed E-state index contributed by atoms with van der Waals surface area (Å²) < 4.78 is 38.1. The zero-order valence-corrected chi connectivity index (χ0v) is 9.54. The third-order valence-corrected chi connectivity index (χ3v) is 2.99. The molecule has 4 N–H and O–H groups in total. The van der Waals surface area contributed by atoms with E-state index in [2.05, 4.69) is 0 Å². The maximum atomic E-state index is 12.7. The average molecular weight is 254 g/mol. The minimum atomic E-state index is -4.44. The van der Waals surface area contributed by atoms with E-state index in [0.29, 0.717) is 5.69 Å². The van der Waals surface area contributed by atoms with E-state index in [9.17, 15) is 13.2 Å². The average Bonchev–Trinajstić information content (AvgIpc) is 2.30. The molecule has 0 amide bonds. The summed E-state index contributed by atoms with van der Waals surface area (Å²) in [5.74, 6) is 0. The van der Waals surface area contributed by atoms with Gasteiger partial charge in [0.2, 0.25) is 0 Å². The van der Waals surface area contributed by atoms with Crippen LogP contribution in [0.25, 0.3) is 5.57 Å². The summed E-state index contributed by atoms with van der Waals surface area (Å²) in [6, 6.07) is 6.95. The van der Waals surface area contributed by atoms with Crippen LogP contribution in [0.3, 0.4) is 0 Å². The molecule has 0 radical (unpaired) electrons. The first-order valence-corrected chi connectivity index (χ1v) is 5.43. The van der Waals surface area contributed by atoms with Gasteiger partial charge < -0.3 is 11.5 Å². The number of nitrogens with two attached hydrogens (primary N) is 2. The molecule has 2 nitrogen and oxygen atoms in total. The van der Waals surface area contributed by atoms with Gasteiger partial charge in [0.1, 0.15) is 5.54 Å². The molecule has 0 aromatic heterocycles. The molecule has 1 aromatic rings. The molecular weight excluding hydrogens is 241 g/mol. The highest BCUT2D eigenvalue weighted by molar-refractivity contribution is 5.76. The summed E-state index contributed by atoms with van der Waals surface area (Å²) in [7, 11) is 0. The van der Waals surface area contributed by atoms with Crippen LogP contribution in [0.4, 0.5) is 18.9 Å². The van der Waals surface area contributed by atoms with Crippen LogP contribution in [0.15, 0.2) is 42.5 Å². The number of halogens is 3. The number of hydrogen-bond acceptors (Lipinski definition) is 2. The van der Waals surface area contributed by atoms with Crippen LogP contribution in [-0.2, 0) is 0 Å². The summed E-state index contributed by atoms with van der Waals surface area (Å²) in [5, 5.41) is 0. The van der Waals surface area contributed by atoms with Crippen molar-refractivity contribution in [1.82, 2.24) is 0 Å². The summed E-state index contributed by atoms with van der Waals surface area (Å²) in [5.41, 5.74) is 10.8. The Morgan fingerprint density at radius 2 is 1.72 bits per heavy atom. The van der Waals surface area contributed by atoms with Crippen LogP contribution in [-0.4, -0.2) is 11.7 Å². The van der Waals surface area contributed by atoms with Crippen LogP contribution in [0, 0.1) is 0 Å². The standard InChI is InChI=1S/C13H13F3N2/c14-13(15,16)12(18)7-5-10(6-8-12)9-1-3-11(17)4-2-9/h1-7H,8,17-18H2. The van der Waals surface area contributed by atoms with E-state index in [1.54, 1.807) is 24.3 Å². The van der Waals surface area contributed by atoms with Crippen molar-refractivity contribution in [2.45, 2.75) is 18.1 Å². The number of hydrogen-bond donors (Lipinski definition) is 2. The number of alkyl halides is 3. The second-order valence-corrected chi connectivity index (χ2v) is 4.36. The molecule has 0 heterocycles. The summed E-state index contributed by atoms with van der Waals surface area (Å²) in [6.45, 7) is 0. The Labute approximate surface area is 103 Å². The quantitative estimate of drug-likeness (QED) is 0.757.